The molecule has 9 heteroatoms. The quantitative estimate of drug-likeness (QED) is 0.547. The molecule has 23 heavy (non-hydrogen) atoms. The number of carbonyl (C=O) groups is 1. The summed E-state index contributed by atoms with van der Waals surface area (Å²) in [5.74, 6) is -0.323. The lowest BCUT2D eigenvalue weighted by Crippen LogP contribution is -2.14. The third-order valence-corrected chi connectivity index (χ3v) is 3.57. The number of carbonyl (C=O) groups excluding carboxylic acids is 1. The summed E-state index contributed by atoms with van der Waals surface area (Å²) in [7, 11) is 0. The van der Waals surface area contributed by atoms with Crippen molar-refractivity contribution >= 4 is 45.5 Å². The number of fused-ring (bicyclic) bond motifs is 2. The summed E-state index contributed by atoms with van der Waals surface area (Å²) in [5.41, 5.74) is 2.61. The Balaban J connectivity index is 1.89. The van der Waals surface area contributed by atoms with Gasteiger partial charge in [-0.05, 0) is 29.5 Å². The van der Waals surface area contributed by atoms with Gasteiger partial charge in [0.1, 0.15) is 11.0 Å². The van der Waals surface area contributed by atoms with Crippen molar-refractivity contribution in [2.24, 2.45) is 0 Å². The third-order valence-electron chi connectivity index (χ3n) is 3.26. The van der Waals surface area contributed by atoms with Crippen LogP contribution in [-0.2, 0) is 0 Å². The predicted molar refractivity (Wildman–Crippen MR) is 84.2 cm³/mol. The van der Waals surface area contributed by atoms with Gasteiger partial charge in [0, 0.05) is 0 Å². The highest BCUT2D eigenvalue weighted by atomic mass is 35.5. The maximum absolute atomic E-state index is 12.4. The Morgan fingerprint density at radius 3 is 2.61 bits per heavy atom. The number of aromatic nitrogens is 6. The van der Waals surface area contributed by atoms with Gasteiger partial charge in [-0.1, -0.05) is 28.8 Å². The Hall–Kier alpha value is -3.13. The van der Waals surface area contributed by atoms with Crippen LogP contribution in [0.4, 0.5) is 5.95 Å². The van der Waals surface area contributed by atoms with Crippen LogP contribution in [0.3, 0.4) is 0 Å². The van der Waals surface area contributed by atoms with E-state index in [2.05, 4.69) is 35.9 Å². The molecule has 0 radical (unpaired) electrons. The van der Waals surface area contributed by atoms with Gasteiger partial charge in [-0.15, -0.1) is 5.10 Å². The van der Waals surface area contributed by atoms with E-state index < -0.39 is 5.91 Å². The van der Waals surface area contributed by atoms with E-state index in [9.17, 15) is 4.79 Å². The Bertz CT molecular complexity index is 1030. The SMILES string of the molecule is O=C(Nc1nn[nH]n1)c1cccc2nc3cccc(Cl)c3nc12. The fourth-order valence-corrected chi connectivity index (χ4v) is 2.46. The van der Waals surface area contributed by atoms with E-state index >= 15 is 0 Å². The highest BCUT2D eigenvalue weighted by Gasteiger charge is 2.15. The molecule has 0 aliphatic carbocycles. The van der Waals surface area contributed by atoms with Crippen LogP contribution in [0.5, 0.6) is 0 Å². The number of halogens is 1. The van der Waals surface area contributed by atoms with Crippen molar-refractivity contribution in [3.05, 3.63) is 47.0 Å². The molecule has 0 atom stereocenters. The van der Waals surface area contributed by atoms with Crippen LogP contribution in [0.2, 0.25) is 5.02 Å². The molecular weight excluding hydrogens is 318 g/mol. The van der Waals surface area contributed by atoms with Crippen molar-refractivity contribution in [3.63, 3.8) is 0 Å². The van der Waals surface area contributed by atoms with Gasteiger partial charge in [-0.3, -0.25) is 10.1 Å². The Morgan fingerprint density at radius 1 is 1.04 bits per heavy atom. The van der Waals surface area contributed by atoms with Gasteiger partial charge in [0.2, 0.25) is 0 Å². The minimum Gasteiger partial charge on any atom is -0.288 e. The first-order valence-corrected chi connectivity index (χ1v) is 7.00. The molecule has 0 bridgehead atoms. The normalized spacial score (nSPS) is 11.0. The van der Waals surface area contributed by atoms with Gasteiger partial charge in [0.15, 0.2) is 0 Å². The van der Waals surface area contributed by atoms with Gasteiger partial charge in [0.25, 0.3) is 11.9 Å². The maximum atomic E-state index is 12.4. The van der Waals surface area contributed by atoms with Crippen molar-refractivity contribution in [1.29, 1.82) is 0 Å². The Kier molecular flexibility index (Phi) is 3.09. The molecule has 1 amide bonds. The van der Waals surface area contributed by atoms with Gasteiger partial charge in [-0.25, -0.2) is 9.97 Å². The fraction of sp³-hybridized carbons (Fsp3) is 0. The molecule has 2 heterocycles. The smallest absolute Gasteiger partial charge is 0.270 e. The van der Waals surface area contributed by atoms with Gasteiger partial charge < -0.3 is 0 Å². The molecule has 4 rings (SSSR count). The zero-order valence-electron chi connectivity index (χ0n) is 11.5. The van der Waals surface area contributed by atoms with E-state index in [4.69, 9.17) is 11.6 Å². The number of hydrogen-bond acceptors (Lipinski definition) is 6. The van der Waals surface area contributed by atoms with Crippen LogP contribution in [0.25, 0.3) is 22.1 Å². The number of nitrogens with zero attached hydrogens (tertiary/aromatic N) is 5. The molecule has 112 valence electrons. The first kappa shape index (κ1) is 13.5. The number of amides is 1. The number of hydrogen-bond donors (Lipinski definition) is 2. The highest BCUT2D eigenvalue weighted by Crippen LogP contribution is 2.24. The largest absolute Gasteiger partial charge is 0.288 e. The van der Waals surface area contributed by atoms with E-state index in [1.54, 1.807) is 30.3 Å². The summed E-state index contributed by atoms with van der Waals surface area (Å²) in [6, 6.07) is 10.5. The van der Waals surface area contributed by atoms with Gasteiger partial charge >= 0.3 is 0 Å². The van der Waals surface area contributed by atoms with Crippen molar-refractivity contribution in [2.75, 3.05) is 5.32 Å². The minimum atomic E-state index is -0.405. The summed E-state index contributed by atoms with van der Waals surface area (Å²) in [6.45, 7) is 0. The van der Waals surface area contributed by atoms with Crippen molar-refractivity contribution in [1.82, 2.24) is 30.6 Å². The number of rotatable bonds is 2. The molecule has 0 unspecified atom stereocenters. The number of anilines is 1. The Labute approximate surface area is 133 Å². The minimum absolute atomic E-state index is 0.0822. The molecule has 2 aromatic carbocycles. The molecule has 8 nitrogen and oxygen atoms in total. The number of nitrogens with one attached hydrogen (secondary N) is 2. The van der Waals surface area contributed by atoms with Crippen molar-refractivity contribution in [3.8, 4) is 0 Å². The highest BCUT2D eigenvalue weighted by molar-refractivity contribution is 6.35. The molecule has 0 saturated heterocycles. The number of H-pyrrole nitrogens is 1. The van der Waals surface area contributed by atoms with Crippen LogP contribution in [-0.4, -0.2) is 36.5 Å². The monoisotopic (exact) mass is 325 g/mol. The van der Waals surface area contributed by atoms with E-state index in [1.165, 1.54) is 0 Å². The first-order valence-electron chi connectivity index (χ1n) is 6.62. The van der Waals surface area contributed by atoms with E-state index in [0.29, 0.717) is 32.7 Å². The lowest BCUT2D eigenvalue weighted by Gasteiger charge is -2.06. The van der Waals surface area contributed by atoms with Crippen molar-refractivity contribution in [2.45, 2.75) is 0 Å². The van der Waals surface area contributed by atoms with E-state index in [0.717, 1.165) is 0 Å². The number of para-hydroxylation sites is 2. The van der Waals surface area contributed by atoms with E-state index in [-0.39, 0.29) is 5.95 Å². The average Bonchev–Trinajstić information content (AvgIpc) is 3.06. The molecular formula is C14H8ClN7O. The Morgan fingerprint density at radius 2 is 1.83 bits per heavy atom. The third kappa shape index (κ3) is 2.34. The second-order valence-corrected chi connectivity index (χ2v) is 5.10. The topological polar surface area (TPSA) is 109 Å². The zero-order chi connectivity index (χ0) is 15.8. The number of tetrazole rings is 1. The molecule has 0 aliphatic heterocycles. The van der Waals surface area contributed by atoms with Crippen LogP contribution in [0, 0.1) is 0 Å². The summed E-state index contributed by atoms with van der Waals surface area (Å²) in [5, 5.41) is 16.0. The van der Waals surface area contributed by atoms with Crippen molar-refractivity contribution < 1.29 is 4.79 Å². The average molecular weight is 326 g/mol. The second kappa shape index (κ2) is 5.25. The zero-order valence-corrected chi connectivity index (χ0v) is 12.2. The van der Waals surface area contributed by atoms with Crippen LogP contribution >= 0.6 is 11.6 Å². The summed E-state index contributed by atoms with van der Waals surface area (Å²) >= 11 is 6.17. The van der Waals surface area contributed by atoms with Crippen LogP contribution in [0.1, 0.15) is 10.4 Å². The molecule has 0 saturated carbocycles. The summed E-state index contributed by atoms with van der Waals surface area (Å²) in [4.78, 5) is 21.4. The molecule has 0 fully saturated rings. The first-order chi connectivity index (χ1) is 11.2. The lowest BCUT2D eigenvalue weighted by atomic mass is 10.1. The number of aromatic amines is 1. The van der Waals surface area contributed by atoms with E-state index in [1.807, 2.05) is 6.07 Å². The molecule has 4 aromatic rings. The standard InChI is InChI=1S/C14H8ClN7O/c15-8-4-2-6-10-12(8)17-11-7(3-1-5-9(11)16-10)13(23)18-14-19-21-22-20-14/h1-6H,(H2,18,19,20,21,22,23). The number of benzene rings is 2. The summed E-state index contributed by atoms with van der Waals surface area (Å²) in [6.07, 6.45) is 0. The fourth-order valence-electron chi connectivity index (χ4n) is 2.25. The molecule has 0 spiro atoms. The molecule has 2 aromatic heterocycles. The molecule has 2 N–H and O–H groups in total. The van der Waals surface area contributed by atoms with Crippen LogP contribution in [0.15, 0.2) is 36.4 Å². The maximum Gasteiger partial charge on any atom is 0.270 e. The lowest BCUT2D eigenvalue weighted by molar-refractivity contribution is 0.102. The van der Waals surface area contributed by atoms with Crippen LogP contribution < -0.4 is 5.32 Å². The van der Waals surface area contributed by atoms with Gasteiger partial charge in [0.05, 0.1) is 21.6 Å². The van der Waals surface area contributed by atoms with Gasteiger partial charge in [-0.2, -0.15) is 5.21 Å². The second-order valence-electron chi connectivity index (χ2n) is 4.69. The molecule has 0 aliphatic rings. The summed E-state index contributed by atoms with van der Waals surface area (Å²) < 4.78 is 0. The predicted octanol–water partition coefficient (Wildman–Crippen LogP) is 2.20.